The van der Waals surface area contributed by atoms with Crippen LogP contribution in [0.3, 0.4) is 0 Å². The second kappa shape index (κ2) is 4.97. The minimum Gasteiger partial charge on any atom is -0.378 e. The lowest BCUT2D eigenvalue weighted by molar-refractivity contribution is 0.105. The molecule has 90 valence electrons. The fourth-order valence-electron chi connectivity index (χ4n) is 2.26. The van der Waals surface area contributed by atoms with Crippen molar-refractivity contribution >= 4 is 0 Å². The highest BCUT2D eigenvalue weighted by atomic mass is 16.5. The zero-order valence-corrected chi connectivity index (χ0v) is 10.4. The van der Waals surface area contributed by atoms with Crippen molar-refractivity contribution in [1.29, 1.82) is 0 Å². The third-order valence-electron chi connectivity index (χ3n) is 3.37. The Morgan fingerprint density at radius 3 is 3.00 bits per heavy atom. The molecular weight excluding hydrogens is 202 g/mol. The maximum absolute atomic E-state index is 5.54. The Bertz CT molecular complexity index is 348. The van der Waals surface area contributed by atoms with Crippen LogP contribution in [-0.4, -0.2) is 29.0 Å². The zero-order valence-electron chi connectivity index (χ0n) is 10.4. The zero-order chi connectivity index (χ0) is 11.5. The molecule has 1 aliphatic heterocycles. The van der Waals surface area contributed by atoms with E-state index in [9.17, 15) is 0 Å². The Kier molecular flexibility index (Phi) is 3.61. The minimum atomic E-state index is 0.405. The smallest absolute Gasteiger partial charge is 0.0638 e. The van der Waals surface area contributed by atoms with E-state index < -0.39 is 0 Å². The highest BCUT2D eigenvalue weighted by molar-refractivity contribution is 5.14. The summed E-state index contributed by atoms with van der Waals surface area (Å²) >= 11 is 0. The molecule has 1 aromatic heterocycles. The van der Waals surface area contributed by atoms with E-state index in [1.807, 2.05) is 11.7 Å². The van der Waals surface area contributed by atoms with Crippen LogP contribution in [0.2, 0.25) is 0 Å². The monoisotopic (exact) mass is 223 g/mol. The summed E-state index contributed by atoms with van der Waals surface area (Å²) in [5.74, 6) is 0.664. The average Bonchev–Trinajstić information content (AvgIpc) is 2.75. The number of aryl methyl sites for hydroxylation is 2. The van der Waals surface area contributed by atoms with E-state index in [4.69, 9.17) is 4.74 Å². The van der Waals surface area contributed by atoms with Crippen LogP contribution in [0.4, 0.5) is 0 Å². The molecule has 1 fully saturated rings. The topological polar surface area (TPSA) is 39.1 Å². The van der Waals surface area contributed by atoms with E-state index in [0.717, 1.165) is 25.4 Å². The highest BCUT2D eigenvalue weighted by Crippen LogP contribution is 2.19. The van der Waals surface area contributed by atoms with Crippen molar-refractivity contribution in [2.24, 2.45) is 13.0 Å². The van der Waals surface area contributed by atoms with Gasteiger partial charge in [0.05, 0.1) is 11.8 Å². The van der Waals surface area contributed by atoms with Crippen LogP contribution in [0.5, 0.6) is 0 Å². The van der Waals surface area contributed by atoms with E-state index in [2.05, 4.69) is 30.5 Å². The molecule has 2 heterocycles. The largest absolute Gasteiger partial charge is 0.378 e. The second-order valence-electron chi connectivity index (χ2n) is 4.67. The quantitative estimate of drug-likeness (QED) is 0.835. The Balaban J connectivity index is 1.77. The van der Waals surface area contributed by atoms with Crippen molar-refractivity contribution in [1.82, 2.24) is 15.1 Å². The molecule has 2 rings (SSSR count). The Hall–Kier alpha value is -0.870. The van der Waals surface area contributed by atoms with Crippen LogP contribution in [0, 0.1) is 12.8 Å². The summed E-state index contributed by atoms with van der Waals surface area (Å²) < 4.78 is 7.41. The van der Waals surface area contributed by atoms with Crippen LogP contribution in [0.1, 0.15) is 24.6 Å². The number of nitrogens with zero attached hydrogens (tertiary/aromatic N) is 2. The summed E-state index contributed by atoms with van der Waals surface area (Å²) in [6, 6.07) is 0. The number of rotatable bonds is 4. The highest BCUT2D eigenvalue weighted by Gasteiger charge is 2.23. The molecule has 1 aliphatic rings. The lowest BCUT2D eigenvalue weighted by atomic mass is 10.0. The molecule has 0 saturated carbocycles. The third-order valence-corrected chi connectivity index (χ3v) is 3.37. The Morgan fingerprint density at radius 2 is 2.44 bits per heavy atom. The van der Waals surface area contributed by atoms with Gasteiger partial charge in [-0.3, -0.25) is 4.68 Å². The van der Waals surface area contributed by atoms with E-state index in [0.29, 0.717) is 12.0 Å². The lowest BCUT2D eigenvalue weighted by Gasteiger charge is -2.14. The van der Waals surface area contributed by atoms with Crippen LogP contribution >= 0.6 is 0 Å². The minimum absolute atomic E-state index is 0.405. The average molecular weight is 223 g/mol. The molecular formula is C12H21N3O. The molecule has 0 spiro atoms. The van der Waals surface area contributed by atoms with E-state index in [-0.39, 0.29) is 0 Å². The fourth-order valence-corrected chi connectivity index (χ4v) is 2.26. The van der Waals surface area contributed by atoms with Gasteiger partial charge in [-0.1, -0.05) is 0 Å². The number of nitrogens with one attached hydrogen (secondary N) is 1. The molecule has 0 radical (unpaired) electrons. The number of ether oxygens (including phenoxy) is 1. The Labute approximate surface area is 97.0 Å². The first-order valence-electron chi connectivity index (χ1n) is 5.98. The second-order valence-corrected chi connectivity index (χ2v) is 4.67. The van der Waals surface area contributed by atoms with Gasteiger partial charge < -0.3 is 10.1 Å². The summed E-state index contributed by atoms with van der Waals surface area (Å²) in [5.41, 5.74) is 2.40. The van der Waals surface area contributed by atoms with Gasteiger partial charge in [-0.15, -0.1) is 0 Å². The molecule has 1 saturated heterocycles. The van der Waals surface area contributed by atoms with Crippen LogP contribution in [-0.2, 0) is 18.3 Å². The fraction of sp³-hybridized carbons (Fsp3) is 0.750. The maximum atomic E-state index is 5.54. The van der Waals surface area contributed by atoms with Crippen molar-refractivity contribution in [3.63, 3.8) is 0 Å². The first-order valence-corrected chi connectivity index (χ1v) is 5.98. The molecule has 4 heteroatoms. The normalized spacial score (nSPS) is 25.2. The maximum Gasteiger partial charge on any atom is 0.0638 e. The molecule has 0 bridgehead atoms. The predicted molar refractivity (Wildman–Crippen MR) is 63.2 cm³/mol. The molecule has 2 atom stereocenters. The van der Waals surface area contributed by atoms with Gasteiger partial charge in [0, 0.05) is 38.5 Å². The molecule has 1 N–H and O–H groups in total. The lowest BCUT2D eigenvalue weighted by Crippen LogP contribution is -2.26. The molecule has 1 aromatic rings. The number of aromatic nitrogens is 2. The molecule has 4 nitrogen and oxygen atoms in total. The van der Waals surface area contributed by atoms with Crippen LogP contribution in [0.15, 0.2) is 6.20 Å². The molecule has 0 aliphatic carbocycles. The van der Waals surface area contributed by atoms with Gasteiger partial charge in [0.1, 0.15) is 0 Å². The number of hydrogen-bond donors (Lipinski definition) is 1. The first-order chi connectivity index (χ1) is 7.66. The van der Waals surface area contributed by atoms with Crippen molar-refractivity contribution < 1.29 is 4.74 Å². The molecule has 2 unspecified atom stereocenters. The van der Waals surface area contributed by atoms with E-state index in [1.54, 1.807) is 0 Å². The predicted octanol–water partition coefficient (Wildman–Crippen LogP) is 1.24. The van der Waals surface area contributed by atoms with Gasteiger partial charge in [0.25, 0.3) is 0 Å². The standard InChI is InChI=1S/C12H21N3O/c1-9-12(8-15(3)14-9)7-13-6-11-4-5-16-10(11)2/h8,10-11,13H,4-7H2,1-3H3. The summed E-state index contributed by atoms with van der Waals surface area (Å²) in [5, 5.41) is 7.82. The van der Waals surface area contributed by atoms with Gasteiger partial charge in [0.2, 0.25) is 0 Å². The van der Waals surface area contributed by atoms with Crippen LogP contribution < -0.4 is 5.32 Å². The summed E-state index contributed by atoms with van der Waals surface area (Å²) in [7, 11) is 1.96. The van der Waals surface area contributed by atoms with Gasteiger partial charge >= 0.3 is 0 Å². The summed E-state index contributed by atoms with van der Waals surface area (Å²) in [6.45, 7) is 7.07. The molecule has 0 amide bonds. The van der Waals surface area contributed by atoms with E-state index in [1.165, 1.54) is 12.0 Å². The first kappa shape index (κ1) is 11.6. The van der Waals surface area contributed by atoms with Crippen molar-refractivity contribution in [3.05, 3.63) is 17.5 Å². The van der Waals surface area contributed by atoms with Crippen molar-refractivity contribution in [2.45, 2.75) is 32.9 Å². The number of hydrogen-bond acceptors (Lipinski definition) is 3. The van der Waals surface area contributed by atoms with Crippen LogP contribution in [0.25, 0.3) is 0 Å². The van der Waals surface area contributed by atoms with Crippen molar-refractivity contribution in [3.8, 4) is 0 Å². The third kappa shape index (κ3) is 2.62. The molecule has 16 heavy (non-hydrogen) atoms. The van der Waals surface area contributed by atoms with Gasteiger partial charge in [-0.05, 0) is 26.2 Å². The van der Waals surface area contributed by atoms with Crippen molar-refractivity contribution in [2.75, 3.05) is 13.2 Å². The van der Waals surface area contributed by atoms with E-state index >= 15 is 0 Å². The molecule has 0 aromatic carbocycles. The van der Waals surface area contributed by atoms with Gasteiger partial charge in [0.15, 0.2) is 0 Å². The summed E-state index contributed by atoms with van der Waals surface area (Å²) in [6.07, 6.45) is 3.67. The van der Waals surface area contributed by atoms with Gasteiger partial charge in [-0.2, -0.15) is 5.10 Å². The Morgan fingerprint density at radius 1 is 1.62 bits per heavy atom. The summed E-state index contributed by atoms with van der Waals surface area (Å²) in [4.78, 5) is 0. The SMILES string of the molecule is Cc1nn(C)cc1CNCC1CCOC1C. The van der Waals surface area contributed by atoms with Gasteiger partial charge in [-0.25, -0.2) is 0 Å².